The molecule has 10 heavy (non-hydrogen) atoms. The molecule has 0 aromatic heterocycles. The summed E-state index contributed by atoms with van der Waals surface area (Å²) in [5.41, 5.74) is 0. The van der Waals surface area contributed by atoms with Gasteiger partial charge in [-0.1, -0.05) is 34.8 Å². The Morgan fingerprint density at radius 1 is 0.700 bits per heavy atom. The number of hydrogen-bond acceptors (Lipinski definition) is 0. The third kappa shape index (κ3) is 2.76. The highest BCUT2D eigenvalue weighted by atomic mass is 35.5. The van der Waals surface area contributed by atoms with Crippen molar-refractivity contribution in [3.8, 4) is 0 Å². The second kappa shape index (κ2) is 4.04. The van der Waals surface area contributed by atoms with Crippen molar-refractivity contribution in [2.45, 2.75) is 0 Å². The number of benzene rings is 1. The van der Waals surface area contributed by atoms with E-state index < -0.39 is 0 Å². The molecule has 1 rings (SSSR count). The smallest absolute Gasteiger partial charge is 0.0435 e. The van der Waals surface area contributed by atoms with Crippen molar-refractivity contribution in [1.82, 2.24) is 0 Å². The minimum atomic E-state index is 0. The summed E-state index contributed by atoms with van der Waals surface area (Å²) in [5, 5.41) is 1.69. The van der Waals surface area contributed by atoms with Crippen LogP contribution < -0.4 is 0 Å². The first kappa shape index (κ1) is 10.0. The summed E-state index contributed by atoms with van der Waals surface area (Å²) in [7, 11) is 0. The zero-order chi connectivity index (χ0) is 6.85. The molecule has 0 amide bonds. The maximum absolute atomic E-state index is 5.58. The second-order valence-electron chi connectivity index (χ2n) is 1.59. The van der Waals surface area contributed by atoms with Gasteiger partial charge in [-0.25, -0.2) is 0 Å². The maximum atomic E-state index is 5.58. The van der Waals surface area contributed by atoms with Crippen LogP contribution >= 0.6 is 34.8 Å². The second-order valence-corrected chi connectivity index (χ2v) is 2.90. The molecule has 0 bridgehead atoms. The molecule has 0 unspecified atom stereocenters. The fraction of sp³-hybridized carbons (Fsp3) is 0. The highest BCUT2D eigenvalue weighted by Crippen LogP contribution is 2.21. The highest BCUT2D eigenvalue weighted by Gasteiger charge is 1.92. The van der Waals surface area contributed by atoms with Crippen LogP contribution in [0.1, 0.15) is 0 Å². The molecule has 1 aromatic carbocycles. The molecule has 56 valence electrons. The Balaban J connectivity index is 0.000000810. The first-order valence-electron chi connectivity index (χ1n) is 2.30. The fourth-order valence-corrected chi connectivity index (χ4v) is 1.39. The van der Waals surface area contributed by atoms with E-state index in [1.165, 1.54) is 0 Å². The first-order chi connectivity index (χ1) is 4.18. The lowest BCUT2D eigenvalue weighted by atomic mass is 10.4. The minimum absolute atomic E-state index is 0. The zero-order valence-electron chi connectivity index (χ0n) is 4.87. The van der Waals surface area contributed by atoms with Crippen LogP contribution in [0.15, 0.2) is 18.2 Å². The average Bonchev–Trinajstić information content (AvgIpc) is 1.59. The summed E-state index contributed by atoms with van der Waals surface area (Å²) in [6, 6.07) is 4.90. The monoisotopic (exact) mass is 198 g/mol. The van der Waals surface area contributed by atoms with Gasteiger partial charge in [0.25, 0.3) is 0 Å². The van der Waals surface area contributed by atoms with Gasteiger partial charge in [-0.05, 0) is 18.2 Å². The molecule has 0 aliphatic rings. The van der Waals surface area contributed by atoms with E-state index >= 15 is 0 Å². The van der Waals surface area contributed by atoms with Crippen LogP contribution in [0.3, 0.4) is 0 Å². The average molecular weight is 199 g/mol. The molecule has 2 N–H and O–H groups in total. The zero-order valence-corrected chi connectivity index (χ0v) is 7.13. The van der Waals surface area contributed by atoms with Crippen molar-refractivity contribution in [3.63, 3.8) is 0 Å². The number of rotatable bonds is 0. The van der Waals surface area contributed by atoms with E-state index in [4.69, 9.17) is 34.8 Å². The van der Waals surface area contributed by atoms with Crippen LogP contribution in [0.2, 0.25) is 15.1 Å². The molecule has 4 heteroatoms. The van der Waals surface area contributed by atoms with Gasteiger partial charge in [-0.3, -0.25) is 0 Å². The largest absolute Gasteiger partial charge is 0.412 e. The molecular weight excluding hydrogens is 194 g/mol. The molecular formula is C6H5Cl3O. The Morgan fingerprint density at radius 3 is 1.10 bits per heavy atom. The van der Waals surface area contributed by atoms with Gasteiger partial charge in [-0.15, -0.1) is 0 Å². The van der Waals surface area contributed by atoms with Crippen molar-refractivity contribution >= 4 is 34.8 Å². The van der Waals surface area contributed by atoms with Crippen molar-refractivity contribution in [3.05, 3.63) is 33.3 Å². The number of hydrogen-bond donors (Lipinski definition) is 0. The van der Waals surface area contributed by atoms with Gasteiger partial charge in [-0.2, -0.15) is 0 Å². The third-order valence-corrected chi connectivity index (χ3v) is 1.48. The molecule has 0 fully saturated rings. The van der Waals surface area contributed by atoms with Crippen molar-refractivity contribution in [1.29, 1.82) is 0 Å². The summed E-state index contributed by atoms with van der Waals surface area (Å²) in [4.78, 5) is 0. The Labute approximate surface area is 73.8 Å². The molecule has 1 nitrogen and oxygen atoms in total. The van der Waals surface area contributed by atoms with Crippen molar-refractivity contribution in [2.24, 2.45) is 0 Å². The Bertz CT molecular complexity index is 174. The standard InChI is InChI=1S/C6H3Cl3.H2O/c7-4-1-5(8)3-6(9)2-4;/h1-3H;1H2. The third-order valence-electron chi connectivity index (χ3n) is 0.827. The van der Waals surface area contributed by atoms with E-state index in [9.17, 15) is 0 Å². The van der Waals surface area contributed by atoms with E-state index in [-0.39, 0.29) is 5.48 Å². The van der Waals surface area contributed by atoms with Gasteiger partial charge in [0.15, 0.2) is 0 Å². The van der Waals surface area contributed by atoms with Crippen LogP contribution in [0, 0.1) is 0 Å². The highest BCUT2D eigenvalue weighted by molar-refractivity contribution is 6.38. The molecule has 0 aliphatic heterocycles. The van der Waals surface area contributed by atoms with Crippen LogP contribution in [-0.4, -0.2) is 5.48 Å². The minimum Gasteiger partial charge on any atom is -0.412 e. The predicted octanol–water partition coefficient (Wildman–Crippen LogP) is 2.82. The van der Waals surface area contributed by atoms with Crippen LogP contribution in [-0.2, 0) is 0 Å². The van der Waals surface area contributed by atoms with Gasteiger partial charge in [0, 0.05) is 15.1 Å². The lowest BCUT2D eigenvalue weighted by Gasteiger charge is -1.91. The van der Waals surface area contributed by atoms with Crippen LogP contribution in [0.4, 0.5) is 0 Å². The van der Waals surface area contributed by atoms with Gasteiger partial charge >= 0.3 is 0 Å². The SMILES string of the molecule is Clc1cc(Cl)cc(Cl)c1.O. The van der Waals surface area contributed by atoms with Crippen LogP contribution in [0.5, 0.6) is 0 Å². The normalized spacial score (nSPS) is 8.70. The van der Waals surface area contributed by atoms with E-state index in [1.54, 1.807) is 18.2 Å². The maximum Gasteiger partial charge on any atom is 0.0435 e. The van der Waals surface area contributed by atoms with Crippen LogP contribution in [0.25, 0.3) is 0 Å². The topological polar surface area (TPSA) is 31.5 Å². The predicted molar refractivity (Wildman–Crippen MR) is 45.1 cm³/mol. The Morgan fingerprint density at radius 2 is 0.900 bits per heavy atom. The molecule has 0 saturated heterocycles. The lowest BCUT2D eigenvalue weighted by Crippen LogP contribution is -1.65. The van der Waals surface area contributed by atoms with Gasteiger partial charge in [0.2, 0.25) is 0 Å². The van der Waals surface area contributed by atoms with Crippen molar-refractivity contribution in [2.75, 3.05) is 0 Å². The summed E-state index contributed by atoms with van der Waals surface area (Å²) in [5.74, 6) is 0. The summed E-state index contributed by atoms with van der Waals surface area (Å²) >= 11 is 16.7. The molecule has 0 heterocycles. The van der Waals surface area contributed by atoms with Crippen molar-refractivity contribution < 1.29 is 5.48 Å². The van der Waals surface area contributed by atoms with Gasteiger partial charge < -0.3 is 5.48 Å². The molecule has 0 atom stereocenters. The Kier molecular flexibility index (Phi) is 4.06. The summed E-state index contributed by atoms with van der Waals surface area (Å²) in [6.07, 6.45) is 0. The fourth-order valence-electron chi connectivity index (χ4n) is 0.520. The molecule has 0 aliphatic carbocycles. The quantitative estimate of drug-likeness (QED) is 0.615. The van der Waals surface area contributed by atoms with Gasteiger partial charge in [0.05, 0.1) is 0 Å². The molecule has 0 saturated carbocycles. The van der Waals surface area contributed by atoms with Gasteiger partial charge in [0.1, 0.15) is 0 Å². The summed E-state index contributed by atoms with van der Waals surface area (Å²) in [6.45, 7) is 0. The Hall–Kier alpha value is 0.0500. The lowest BCUT2D eigenvalue weighted by molar-refractivity contribution is 0.824. The van der Waals surface area contributed by atoms with E-state index in [0.717, 1.165) is 0 Å². The van der Waals surface area contributed by atoms with E-state index in [0.29, 0.717) is 15.1 Å². The molecule has 1 aromatic rings. The first-order valence-corrected chi connectivity index (χ1v) is 3.43. The molecule has 0 radical (unpaired) electrons. The van der Waals surface area contributed by atoms with E-state index in [1.807, 2.05) is 0 Å². The molecule has 0 spiro atoms. The summed E-state index contributed by atoms with van der Waals surface area (Å²) < 4.78 is 0. The van der Waals surface area contributed by atoms with E-state index in [2.05, 4.69) is 0 Å². The number of halogens is 3.